The molecule has 3 amide bonds. The third-order valence-corrected chi connectivity index (χ3v) is 4.99. The third kappa shape index (κ3) is 1.86. The Morgan fingerprint density at radius 2 is 1.79 bits per heavy atom. The maximum absolute atomic E-state index is 12.6. The van der Waals surface area contributed by atoms with Crippen molar-refractivity contribution >= 4 is 17.7 Å². The summed E-state index contributed by atoms with van der Waals surface area (Å²) in [6, 6.07) is 0. The Hall–Kier alpha value is -1.39. The largest absolute Gasteiger partial charge is 0.319 e. The number of amides is 3. The minimum absolute atomic E-state index is 0.00472. The van der Waals surface area contributed by atoms with E-state index in [1.807, 2.05) is 0 Å². The molecule has 3 aliphatic rings. The van der Waals surface area contributed by atoms with Gasteiger partial charge in [0.2, 0.25) is 11.8 Å². The van der Waals surface area contributed by atoms with Crippen molar-refractivity contribution in [2.24, 2.45) is 17.8 Å². The van der Waals surface area contributed by atoms with Gasteiger partial charge in [-0.15, -0.1) is 0 Å². The average Bonchev–Trinajstić information content (AvgIpc) is 3.07. The van der Waals surface area contributed by atoms with Crippen LogP contribution >= 0.6 is 0 Å². The molecule has 0 spiro atoms. The van der Waals surface area contributed by atoms with Gasteiger partial charge in [0.15, 0.2) is 0 Å². The van der Waals surface area contributed by atoms with Crippen molar-refractivity contribution < 1.29 is 14.4 Å². The Labute approximate surface area is 112 Å². The second kappa shape index (κ2) is 4.05. The van der Waals surface area contributed by atoms with Crippen LogP contribution in [0.5, 0.6) is 0 Å². The van der Waals surface area contributed by atoms with Crippen LogP contribution in [-0.4, -0.2) is 34.7 Å². The Balaban J connectivity index is 1.79. The van der Waals surface area contributed by atoms with Crippen LogP contribution in [0.2, 0.25) is 0 Å². The Kier molecular flexibility index (Phi) is 2.69. The minimum atomic E-state index is -0.920. The molecule has 1 N–H and O–H groups in total. The van der Waals surface area contributed by atoms with Crippen molar-refractivity contribution in [3.8, 4) is 0 Å². The van der Waals surface area contributed by atoms with Gasteiger partial charge in [-0.25, -0.2) is 0 Å². The van der Waals surface area contributed by atoms with Gasteiger partial charge in [0.1, 0.15) is 12.1 Å². The first-order chi connectivity index (χ1) is 8.93. The Morgan fingerprint density at radius 1 is 1.21 bits per heavy atom. The molecule has 1 aliphatic heterocycles. The molecular weight excluding hydrogens is 244 g/mol. The van der Waals surface area contributed by atoms with Crippen molar-refractivity contribution in [3.05, 3.63) is 0 Å². The minimum Gasteiger partial charge on any atom is -0.319 e. The number of fused-ring (bicyclic) bond motifs is 1. The SMILES string of the molecule is CC1(C)C(=O)NC(=O)CN1C(=O)C1C2CCCCC21. The lowest BCUT2D eigenvalue weighted by Gasteiger charge is -2.40. The molecule has 5 nitrogen and oxygen atoms in total. The number of hydrogen-bond donors (Lipinski definition) is 1. The van der Waals surface area contributed by atoms with Gasteiger partial charge in [-0.05, 0) is 38.5 Å². The predicted octanol–water partition coefficient (Wildman–Crippen LogP) is 0.686. The molecule has 0 aromatic heterocycles. The fourth-order valence-corrected chi connectivity index (χ4v) is 3.67. The summed E-state index contributed by atoms with van der Waals surface area (Å²) in [5, 5.41) is 2.30. The number of hydrogen-bond acceptors (Lipinski definition) is 3. The van der Waals surface area contributed by atoms with Crippen molar-refractivity contribution in [3.63, 3.8) is 0 Å². The fraction of sp³-hybridized carbons (Fsp3) is 0.786. The smallest absolute Gasteiger partial charge is 0.252 e. The molecular formula is C14H20N2O3. The summed E-state index contributed by atoms with van der Waals surface area (Å²) in [4.78, 5) is 37.5. The van der Waals surface area contributed by atoms with Crippen molar-refractivity contribution in [2.75, 3.05) is 6.54 Å². The van der Waals surface area contributed by atoms with E-state index in [4.69, 9.17) is 0 Å². The van der Waals surface area contributed by atoms with Crippen LogP contribution in [0.1, 0.15) is 39.5 Å². The molecule has 0 radical (unpaired) electrons. The normalized spacial score (nSPS) is 36.5. The number of carbonyl (C=O) groups excluding carboxylic acids is 3. The maximum Gasteiger partial charge on any atom is 0.252 e. The standard InChI is InChI=1S/C14H20N2O3/c1-14(2)13(19)15-10(17)7-16(14)12(18)11-8-5-3-4-6-9(8)11/h8-9,11H,3-7H2,1-2H3,(H,15,17,19). The molecule has 2 unspecified atom stereocenters. The highest BCUT2D eigenvalue weighted by Gasteiger charge is 2.58. The number of imide groups is 1. The zero-order valence-electron chi connectivity index (χ0n) is 11.4. The van der Waals surface area contributed by atoms with Gasteiger partial charge in [0.05, 0.1) is 0 Å². The molecule has 0 aromatic carbocycles. The quantitative estimate of drug-likeness (QED) is 0.708. The van der Waals surface area contributed by atoms with Crippen LogP contribution in [0.4, 0.5) is 0 Å². The summed E-state index contributed by atoms with van der Waals surface area (Å²) >= 11 is 0. The van der Waals surface area contributed by atoms with Gasteiger partial charge in [0, 0.05) is 5.92 Å². The second-order valence-corrected chi connectivity index (χ2v) is 6.50. The van der Waals surface area contributed by atoms with Gasteiger partial charge in [0.25, 0.3) is 5.91 Å². The summed E-state index contributed by atoms with van der Waals surface area (Å²) in [7, 11) is 0. The molecule has 2 saturated carbocycles. The van der Waals surface area contributed by atoms with E-state index >= 15 is 0 Å². The highest BCUT2D eigenvalue weighted by molar-refractivity contribution is 6.06. The van der Waals surface area contributed by atoms with Crippen LogP contribution in [0.15, 0.2) is 0 Å². The maximum atomic E-state index is 12.6. The number of nitrogens with zero attached hydrogens (tertiary/aromatic N) is 1. The van der Waals surface area contributed by atoms with E-state index in [0.717, 1.165) is 12.8 Å². The first kappa shape index (κ1) is 12.6. The molecule has 2 aliphatic carbocycles. The van der Waals surface area contributed by atoms with Gasteiger partial charge in [-0.2, -0.15) is 0 Å². The van der Waals surface area contributed by atoms with Gasteiger partial charge in [-0.3, -0.25) is 19.7 Å². The van der Waals surface area contributed by atoms with E-state index in [9.17, 15) is 14.4 Å². The first-order valence-electron chi connectivity index (χ1n) is 7.08. The Morgan fingerprint density at radius 3 is 2.37 bits per heavy atom. The van der Waals surface area contributed by atoms with Gasteiger partial charge >= 0.3 is 0 Å². The summed E-state index contributed by atoms with van der Waals surface area (Å²) in [6.07, 6.45) is 4.65. The molecule has 3 rings (SSSR count). The molecule has 104 valence electrons. The van der Waals surface area contributed by atoms with Crippen LogP contribution in [0.25, 0.3) is 0 Å². The number of piperazine rings is 1. The van der Waals surface area contributed by atoms with Crippen molar-refractivity contribution in [2.45, 2.75) is 45.1 Å². The number of carbonyl (C=O) groups is 3. The molecule has 0 bridgehead atoms. The monoisotopic (exact) mass is 264 g/mol. The summed E-state index contributed by atoms with van der Waals surface area (Å²) in [5.41, 5.74) is -0.920. The molecule has 1 saturated heterocycles. The summed E-state index contributed by atoms with van der Waals surface area (Å²) in [5.74, 6) is 0.307. The lowest BCUT2D eigenvalue weighted by atomic mass is 9.97. The topological polar surface area (TPSA) is 66.5 Å². The molecule has 0 aromatic rings. The molecule has 5 heteroatoms. The first-order valence-corrected chi connectivity index (χ1v) is 7.08. The zero-order chi connectivity index (χ0) is 13.8. The Bertz CT molecular complexity index is 446. The number of rotatable bonds is 1. The fourth-order valence-electron chi connectivity index (χ4n) is 3.67. The lowest BCUT2D eigenvalue weighted by molar-refractivity contribution is -0.156. The molecule has 1 heterocycles. The van der Waals surface area contributed by atoms with E-state index < -0.39 is 5.54 Å². The van der Waals surface area contributed by atoms with E-state index in [0.29, 0.717) is 11.8 Å². The van der Waals surface area contributed by atoms with Crippen molar-refractivity contribution in [1.29, 1.82) is 0 Å². The predicted molar refractivity (Wildman–Crippen MR) is 67.9 cm³/mol. The van der Waals surface area contributed by atoms with Crippen LogP contribution in [0.3, 0.4) is 0 Å². The molecule has 3 fully saturated rings. The van der Waals surface area contributed by atoms with Crippen molar-refractivity contribution in [1.82, 2.24) is 10.2 Å². The van der Waals surface area contributed by atoms with E-state index in [-0.39, 0.29) is 30.2 Å². The van der Waals surface area contributed by atoms with Gasteiger partial charge < -0.3 is 4.90 Å². The number of nitrogens with one attached hydrogen (secondary N) is 1. The van der Waals surface area contributed by atoms with Crippen LogP contribution < -0.4 is 5.32 Å². The average molecular weight is 264 g/mol. The second-order valence-electron chi connectivity index (χ2n) is 6.50. The van der Waals surface area contributed by atoms with E-state index in [1.54, 1.807) is 13.8 Å². The highest BCUT2D eigenvalue weighted by atomic mass is 16.2. The molecule has 2 atom stereocenters. The van der Waals surface area contributed by atoms with E-state index in [1.165, 1.54) is 17.7 Å². The van der Waals surface area contributed by atoms with E-state index in [2.05, 4.69) is 5.32 Å². The highest BCUT2D eigenvalue weighted by Crippen LogP contribution is 2.56. The lowest BCUT2D eigenvalue weighted by Crippen LogP contribution is -2.65. The van der Waals surface area contributed by atoms with Gasteiger partial charge in [-0.1, -0.05) is 12.8 Å². The summed E-state index contributed by atoms with van der Waals surface area (Å²) in [6.45, 7) is 3.42. The van der Waals surface area contributed by atoms with Crippen LogP contribution in [0, 0.1) is 17.8 Å². The zero-order valence-corrected chi connectivity index (χ0v) is 11.4. The van der Waals surface area contributed by atoms with Crippen LogP contribution in [-0.2, 0) is 14.4 Å². The summed E-state index contributed by atoms with van der Waals surface area (Å²) < 4.78 is 0. The molecule has 19 heavy (non-hydrogen) atoms. The third-order valence-electron chi connectivity index (χ3n) is 4.99.